The molecule has 10 nitrogen and oxygen atoms in total. The van der Waals surface area contributed by atoms with Crippen LogP contribution in [-0.4, -0.2) is 155 Å². The molecule has 0 spiro atoms. The summed E-state index contributed by atoms with van der Waals surface area (Å²) >= 11 is 0. The number of nitrogens with one attached hydrogen (secondary N) is 5. The molecule has 5 aliphatic heterocycles. The summed E-state index contributed by atoms with van der Waals surface area (Å²) in [6.07, 6.45) is -12.0. The van der Waals surface area contributed by atoms with Crippen LogP contribution in [0.5, 0.6) is 0 Å². The number of likely N-dealkylation sites (tertiary alicyclic amines) is 5. The van der Waals surface area contributed by atoms with Crippen LogP contribution in [0.15, 0.2) is 152 Å². The summed E-state index contributed by atoms with van der Waals surface area (Å²) < 4.78 is 346. The Hall–Kier alpha value is -4.30. The van der Waals surface area contributed by atoms with E-state index in [1.165, 1.54) is 14.1 Å². The molecule has 0 saturated carbocycles. The molecule has 5 fully saturated rings. The topological polar surface area (TPSA) is 76.4 Å². The number of piperidine rings is 5. The molecule has 5 aromatic carbocycles. The minimum absolute atomic E-state index is 0.223. The van der Waals surface area contributed by atoms with Gasteiger partial charge < -0.3 is 26.6 Å². The quantitative estimate of drug-likeness (QED) is 0.0700. The fourth-order valence-electron chi connectivity index (χ4n) is 7.89. The van der Waals surface area contributed by atoms with Crippen LogP contribution in [0.1, 0.15) is 152 Å². The average Bonchev–Trinajstić information content (AvgIpc) is 0.665. The summed E-state index contributed by atoms with van der Waals surface area (Å²) in [4.78, 5) is 4.03. The van der Waals surface area contributed by atoms with Crippen LogP contribution in [0.25, 0.3) is 0 Å². The summed E-state index contributed by atoms with van der Waals surface area (Å²) in [5.74, 6) is -12.8. The first-order valence-electron chi connectivity index (χ1n) is 47.3. The smallest absolute Gasteiger partial charge is 0.0481 e. The summed E-state index contributed by atoms with van der Waals surface area (Å²) in [6.45, 7) is -28.8. The Morgan fingerprint density at radius 3 is 0.838 bits per heavy atom. The molecule has 5 aromatic rings. The first kappa shape index (κ1) is 28.1. The second kappa shape index (κ2) is 36.3. The van der Waals surface area contributed by atoms with Crippen molar-refractivity contribution in [3.8, 4) is 0 Å². The third-order valence-corrected chi connectivity index (χ3v) is 12.3. The van der Waals surface area contributed by atoms with Gasteiger partial charge in [0.15, 0.2) is 0 Å². The van der Waals surface area contributed by atoms with Crippen molar-refractivity contribution in [2.24, 2.45) is 29.5 Å². The molecule has 5 aliphatic rings. The molecular weight excluding hydrogens is 981 g/mol. The predicted octanol–water partition coefficient (Wildman–Crippen LogP) is 10.6. The van der Waals surface area contributed by atoms with Gasteiger partial charge in [0.1, 0.15) is 0 Å². The van der Waals surface area contributed by atoms with Crippen molar-refractivity contribution >= 4 is 0 Å². The van der Waals surface area contributed by atoms with E-state index in [4.69, 9.17) is 57.6 Å². The minimum Gasteiger partial charge on any atom is -0.315 e. The maximum atomic E-state index is 8.53. The maximum Gasteiger partial charge on any atom is 0.0481 e. The Bertz CT molecular complexity index is 4080. The molecule has 10 unspecified atom stereocenters. The second-order valence-electron chi connectivity index (χ2n) is 18.4. The predicted molar refractivity (Wildman–Crippen MR) is 342 cm³/mol. The Kier molecular flexibility index (Phi) is 12.7. The van der Waals surface area contributed by atoms with Crippen LogP contribution >= 0.6 is 0 Å². The highest BCUT2D eigenvalue weighted by Crippen LogP contribution is 2.23. The molecule has 0 bridgehead atoms. The number of nitrogens with zero attached hydrogens (tertiary/aromatic N) is 5. The number of hydrogen-bond donors (Lipinski definition) is 5. The molecule has 0 aliphatic carbocycles. The SMILES string of the molecule is [2H]C([2H])([2H])C1([2H])C([2H])([2H])C([2H])([2H])N(Cc2ccccc2)C([2H])([2H])C1([2H])NC.[2H]C([2H])([2H])C1([2H])C([2H])([2H])C([2H])([2H])N(Cc2ccccc2)C([2H])([2H])C1([2H])NC.[2H]C1(C)CCN(Cc2ccccc2)C([2H])([2H])C1([2H])NC.[2H]C1([2H])N(Cc2ccccc2)C([2H])([2H])C([2H])(NC)C([2H])(C)C1([2H])[2H].[2H]C1([2H])N(Cc2ccccc2)C([2H])([2H])C([2H])(NC)C([2H])(C)C1([2H])[2H]. The van der Waals surface area contributed by atoms with Crippen LogP contribution in [0, 0.1) is 29.5 Å². The van der Waals surface area contributed by atoms with Crippen molar-refractivity contribution in [2.75, 3.05) is 100 Å². The van der Waals surface area contributed by atoms with E-state index in [9.17, 15) is 0 Å². The highest BCUT2D eigenvalue weighted by Gasteiger charge is 2.28. The van der Waals surface area contributed by atoms with Gasteiger partial charge in [0.25, 0.3) is 0 Å². The van der Waals surface area contributed by atoms with Gasteiger partial charge in [0.05, 0.1) is 0 Å². The number of rotatable bonds is 15. The van der Waals surface area contributed by atoms with Gasteiger partial charge in [-0.15, -0.1) is 0 Å². The number of benzene rings is 5. The summed E-state index contributed by atoms with van der Waals surface area (Å²) in [5, 5.41) is 11.9. The molecule has 10 heteroatoms. The molecule has 80 heavy (non-hydrogen) atoms. The Morgan fingerprint density at radius 2 is 0.575 bits per heavy atom. The molecular formula is C70H110N10. The lowest BCUT2D eigenvalue weighted by Crippen LogP contribution is -2.48. The van der Waals surface area contributed by atoms with Gasteiger partial charge in [-0.2, -0.15) is 0 Å². The Morgan fingerprint density at radius 1 is 0.350 bits per heavy atom. The largest absolute Gasteiger partial charge is 0.315 e. The van der Waals surface area contributed by atoms with E-state index in [1.54, 1.807) is 140 Å². The van der Waals surface area contributed by atoms with Gasteiger partial charge in [0, 0.05) is 153 Å². The van der Waals surface area contributed by atoms with Crippen molar-refractivity contribution in [3.05, 3.63) is 179 Å². The maximum absolute atomic E-state index is 8.53. The molecule has 10 rings (SSSR count). The molecule has 5 N–H and O–H groups in total. The normalized spacial score (nSPS) is 52.3. The zero-order valence-corrected chi connectivity index (χ0v) is 47.1. The monoisotopic (exact) mass is 1130 g/mol. The fraction of sp³-hybridized carbons (Fsp3) is 0.571. The average molecular weight is 1130 g/mol. The van der Waals surface area contributed by atoms with Crippen LogP contribution in [0.3, 0.4) is 0 Å². The molecule has 0 radical (unpaired) electrons. The van der Waals surface area contributed by atoms with E-state index in [2.05, 4.69) is 26.6 Å². The number of likely N-dealkylation sites (N-methyl/N-ethyl adjacent to an activating group) is 5. The third kappa shape index (κ3) is 22.8. The highest BCUT2D eigenvalue weighted by atomic mass is 15.2. The van der Waals surface area contributed by atoms with Gasteiger partial charge in [-0.25, -0.2) is 0 Å². The van der Waals surface area contributed by atoms with Crippen LogP contribution < -0.4 is 26.6 Å². The van der Waals surface area contributed by atoms with Gasteiger partial charge in [-0.3, -0.25) is 24.5 Å². The second-order valence-corrected chi connectivity index (χ2v) is 18.4. The van der Waals surface area contributed by atoms with E-state index in [-0.39, 0.29) is 13.1 Å². The lowest BCUT2D eigenvalue weighted by atomic mass is 9.93. The van der Waals surface area contributed by atoms with Crippen molar-refractivity contribution in [1.82, 2.24) is 51.1 Å². The van der Waals surface area contributed by atoms with E-state index in [1.807, 2.05) is 30.3 Å². The zero-order valence-electron chi connectivity index (χ0n) is 89.1. The molecule has 5 saturated heterocycles. The van der Waals surface area contributed by atoms with Crippen LogP contribution in [0.2, 0.25) is 0 Å². The van der Waals surface area contributed by atoms with Gasteiger partial charge in [0.2, 0.25) is 0 Å². The van der Waals surface area contributed by atoms with Gasteiger partial charge >= 0.3 is 0 Å². The molecule has 0 aromatic heterocycles. The van der Waals surface area contributed by atoms with Crippen molar-refractivity contribution < 1.29 is 57.6 Å². The molecule has 5 heterocycles. The van der Waals surface area contributed by atoms with Crippen LogP contribution in [0.4, 0.5) is 0 Å². The lowest BCUT2D eigenvalue weighted by molar-refractivity contribution is 0.147. The summed E-state index contributed by atoms with van der Waals surface area (Å²) in [5.41, 5.74) is 3.10. The van der Waals surface area contributed by atoms with E-state index < -0.39 is 170 Å². The van der Waals surface area contributed by atoms with E-state index >= 15 is 0 Å². The summed E-state index contributed by atoms with van der Waals surface area (Å²) in [7, 11) is 6.27. The fourth-order valence-corrected chi connectivity index (χ4v) is 7.89. The third-order valence-electron chi connectivity index (χ3n) is 12.3. The zero-order chi connectivity index (χ0) is 94.4. The van der Waals surface area contributed by atoms with Crippen LogP contribution in [-0.2, 0) is 32.7 Å². The van der Waals surface area contributed by atoms with Crippen molar-refractivity contribution in [2.45, 2.75) is 129 Å². The molecule has 440 valence electrons. The van der Waals surface area contributed by atoms with E-state index in [0.29, 0.717) is 61.4 Å². The Balaban J connectivity index is 0.000000237. The standard InChI is InChI=1S/5C14H22N2/c5*1-12-8-9-16(11-14(12)15-2)10-13-6-4-3-5-7-13/h5*3-7,12,14-15H,8-11H2,1-2H3/i2*1D3,8D2,9D2,11D2,12D,14D;2*8D2,9D2,11D2,12D,14D;11D2,12D,14D. The lowest BCUT2D eigenvalue weighted by Gasteiger charge is -2.37. The molecule has 10 atom stereocenters. The first-order chi connectivity index (χ1) is 54.8. The van der Waals surface area contributed by atoms with Gasteiger partial charge in [-0.05, 0) is 157 Å². The minimum atomic E-state index is -3.49. The summed E-state index contributed by atoms with van der Waals surface area (Å²) in [6, 6.07) is 30.7. The first-order valence-corrected chi connectivity index (χ1v) is 26.3. The highest BCUT2D eigenvalue weighted by molar-refractivity contribution is 5.18. The van der Waals surface area contributed by atoms with Crippen molar-refractivity contribution in [1.29, 1.82) is 0 Å². The van der Waals surface area contributed by atoms with E-state index in [0.717, 1.165) is 33.5 Å². The van der Waals surface area contributed by atoms with Gasteiger partial charge in [-0.1, -0.05) is 186 Å². The Labute approximate surface area is 547 Å². The molecule has 0 amide bonds. The number of hydrogen-bond acceptors (Lipinski definition) is 10. The van der Waals surface area contributed by atoms with Crippen molar-refractivity contribution in [3.63, 3.8) is 0 Å².